The standard InChI is InChI=1S/C19H21F3N2S2/c1-12-3-5-15(6-4-12)25-18-24(11-16(26-18)19(20,21)22)17-13(2)23-9-7-14(17)8-10-23/h1,3-6,11,13-14,17-18H,7-10H2,2H3/t13-,17-,18?/m0/s1. The van der Waals surface area contributed by atoms with Crippen molar-refractivity contribution in [3.63, 3.8) is 0 Å². The molecule has 0 spiro atoms. The fraction of sp³-hybridized carbons (Fsp3) is 0.526. The molecule has 4 aliphatic heterocycles. The number of hydrogen-bond acceptors (Lipinski definition) is 4. The Balaban J connectivity index is 1.61. The van der Waals surface area contributed by atoms with Crippen LogP contribution >= 0.6 is 23.5 Å². The zero-order chi connectivity index (χ0) is 18.5. The molecule has 2 bridgehead atoms. The second kappa shape index (κ2) is 6.99. The van der Waals surface area contributed by atoms with Crippen molar-refractivity contribution >= 4 is 23.5 Å². The number of benzene rings is 1. The molecular weight excluding hydrogens is 377 g/mol. The highest BCUT2D eigenvalue weighted by molar-refractivity contribution is 8.19. The molecule has 1 aromatic rings. The Labute approximate surface area is 161 Å². The van der Waals surface area contributed by atoms with Crippen LogP contribution in [0.2, 0.25) is 0 Å². The van der Waals surface area contributed by atoms with Crippen molar-refractivity contribution in [2.24, 2.45) is 5.92 Å². The number of piperidine rings is 3. The number of thioether (sulfide) groups is 2. The highest BCUT2D eigenvalue weighted by Crippen LogP contribution is 2.51. The van der Waals surface area contributed by atoms with Crippen molar-refractivity contribution in [1.82, 2.24) is 9.80 Å². The minimum absolute atomic E-state index is 0.135. The summed E-state index contributed by atoms with van der Waals surface area (Å²) in [6.45, 7) is 10.0. The summed E-state index contributed by atoms with van der Waals surface area (Å²) in [6.07, 6.45) is -0.783. The molecule has 4 heterocycles. The van der Waals surface area contributed by atoms with E-state index in [2.05, 4.69) is 11.8 Å². The fourth-order valence-corrected chi connectivity index (χ4v) is 6.82. The lowest BCUT2D eigenvalue weighted by atomic mass is 9.78. The average Bonchev–Trinajstić information content (AvgIpc) is 3.02. The van der Waals surface area contributed by atoms with E-state index in [1.165, 1.54) is 18.0 Å². The predicted octanol–water partition coefficient (Wildman–Crippen LogP) is 5.06. The molecule has 1 unspecified atom stereocenters. The highest BCUT2D eigenvalue weighted by atomic mass is 32.2. The molecule has 3 saturated heterocycles. The third kappa shape index (κ3) is 3.50. The molecule has 3 atom stereocenters. The third-order valence-corrected chi connectivity index (χ3v) is 8.21. The molecule has 4 aliphatic rings. The zero-order valence-corrected chi connectivity index (χ0v) is 16.1. The minimum atomic E-state index is -4.30. The van der Waals surface area contributed by atoms with E-state index in [1.54, 1.807) is 12.1 Å². The number of allylic oxidation sites excluding steroid dienone is 1. The maximum Gasteiger partial charge on any atom is 0.423 e. The van der Waals surface area contributed by atoms with Gasteiger partial charge >= 0.3 is 6.18 Å². The molecule has 1 aromatic carbocycles. The first-order valence-corrected chi connectivity index (χ1v) is 10.6. The van der Waals surface area contributed by atoms with Crippen molar-refractivity contribution in [3.05, 3.63) is 47.9 Å². The van der Waals surface area contributed by atoms with Crippen molar-refractivity contribution in [2.75, 3.05) is 13.1 Å². The summed E-state index contributed by atoms with van der Waals surface area (Å²) in [7, 11) is 0. The Bertz CT molecular complexity index is 679. The molecule has 5 rings (SSSR count). The molecule has 2 nitrogen and oxygen atoms in total. The first kappa shape index (κ1) is 18.6. The second-order valence-corrected chi connectivity index (χ2v) is 9.73. The van der Waals surface area contributed by atoms with Gasteiger partial charge in [0.25, 0.3) is 0 Å². The summed E-state index contributed by atoms with van der Waals surface area (Å²) < 4.78 is 39.9. The van der Waals surface area contributed by atoms with Crippen LogP contribution in [0.1, 0.15) is 25.3 Å². The van der Waals surface area contributed by atoms with Gasteiger partial charge in [-0.3, -0.25) is 4.90 Å². The van der Waals surface area contributed by atoms with Gasteiger partial charge in [-0.15, -0.1) is 0 Å². The number of hydrogen-bond donors (Lipinski definition) is 0. The molecule has 26 heavy (non-hydrogen) atoms. The van der Waals surface area contributed by atoms with Gasteiger partial charge in [0, 0.05) is 23.2 Å². The summed E-state index contributed by atoms with van der Waals surface area (Å²) in [6, 6.07) is 7.76. The van der Waals surface area contributed by atoms with Gasteiger partial charge in [-0.25, -0.2) is 0 Å². The van der Waals surface area contributed by atoms with Gasteiger partial charge in [0.2, 0.25) is 0 Å². The van der Waals surface area contributed by atoms with E-state index in [0.29, 0.717) is 11.5 Å². The van der Waals surface area contributed by atoms with E-state index in [9.17, 15) is 13.2 Å². The van der Waals surface area contributed by atoms with Crippen molar-refractivity contribution in [2.45, 2.75) is 47.6 Å². The van der Waals surface area contributed by atoms with Gasteiger partial charge in [0.05, 0.1) is 0 Å². The number of alkyl halides is 3. The van der Waals surface area contributed by atoms with Crippen LogP contribution in [0.5, 0.6) is 0 Å². The van der Waals surface area contributed by atoms with E-state index in [0.717, 1.165) is 42.6 Å². The van der Waals surface area contributed by atoms with Crippen LogP contribution in [0.3, 0.4) is 0 Å². The van der Waals surface area contributed by atoms with Gasteiger partial charge in [-0.2, -0.15) is 13.2 Å². The van der Waals surface area contributed by atoms with Crippen LogP contribution in [0.15, 0.2) is 40.3 Å². The Hall–Kier alpha value is -0.790. The predicted molar refractivity (Wildman–Crippen MR) is 101 cm³/mol. The average molecular weight is 399 g/mol. The molecule has 7 heteroatoms. The van der Waals surface area contributed by atoms with Gasteiger partial charge < -0.3 is 4.90 Å². The van der Waals surface area contributed by atoms with Crippen LogP contribution in [0, 0.1) is 12.8 Å². The van der Waals surface area contributed by atoms with E-state index < -0.39 is 11.1 Å². The molecule has 0 aromatic heterocycles. The summed E-state index contributed by atoms with van der Waals surface area (Å²) in [5.41, 5.74) is 0.658. The maximum absolute atomic E-state index is 13.4. The molecule has 3 fully saturated rings. The van der Waals surface area contributed by atoms with E-state index in [4.69, 9.17) is 6.92 Å². The third-order valence-electron chi connectivity index (χ3n) is 5.61. The number of nitrogens with zero attached hydrogens (tertiary/aromatic N) is 2. The Kier molecular flexibility index (Phi) is 4.99. The van der Waals surface area contributed by atoms with Crippen molar-refractivity contribution < 1.29 is 13.2 Å². The van der Waals surface area contributed by atoms with Crippen LogP contribution in [-0.2, 0) is 0 Å². The topological polar surface area (TPSA) is 6.48 Å². The Morgan fingerprint density at radius 2 is 1.81 bits per heavy atom. The minimum Gasteiger partial charge on any atom is -0.351 e. The van der Waals surface area contributed by atoms with Crippen molar-refractivity contribution in [1.29, 1.82) is 0 Å². The zero-order valence-electron chi connectivity index (χ0n) is 14.4. The smallest absolute Gasteiger partial charge is 0.351 e. The Morgan fingerprint density at radius 3 is 2.38 bits per heavy atom. The van der Waals surface area contributed by atoms with Gasteiger partial charge in [-0.1, -0.05) is 35.7 Å². The molecule has 140 valence electrons. The van der Waals surface area contributed by atoms with Crippen LogP contribution < -0.4 is 0 Å². The van der Waals surface area contributed by atoms with Crippen LogP contribution in [0.4, 0.5) is 13.2 Å². The summed E-state index contributed by atoms with van der Waals surface area (Å²) >= 11 is 2.40. The molecule has 0 aliphatic carbocycles. The van der Waals surface area contributed by atoms with E-state index in [-0.39, 0.29) is 16.8 Å². The lowest BCUT2D eigenvalue weighted by Gasteiger charge is -2.53. The van der Waals surface area contributed by atoms with Gasteiger partial charge in [0.1, 0.15) is 9.61 Å². The molecule has 0 amide bonds. The first-order chi connectivity index (χ1) is 12.3. The van der Waals surface area contributed by atoms with Gasteiger partial charge in [0.15, 0.2) is 0 Å². The number of fused-ring (bicyclic) bond motifs is 3. The van der Waals surface area contributed by atoms with Crippen LogP contribution in [0.25, 0.3) is 0 Å². The van der Waals surface area contributed by atoms with Crippen molar-refractivity contribution in [3.8, 4) is 0 Å². The molecule has 0 saturated carbocycles. The monoisotopic (exact) mass is 398 g/mol. The molecular formula is C19H21F3N2S2. The lowest BCUT2D eigenvalue weighted by Crippen LogP contribution is -2.61. The summed E-state index contributed by atoms with van der Waals surface area (Å²) in [5, 5.41) is 0. The normalized spacial score (nSPS) is 34.3. The second-order valence-electron chi connectivity index (χ2n) is 7.15. The molecule has 2 radical (unpaired) electrons. The van der Waals surface area contributed by atoms with E-state index >= 15 is 0 Å². The maximum atomic E-state index is 13.4. The quantitative estimate of drug-likeness (QED) is 0.702. The summed E-state index contributed by atoms with van der Waals surface area (Å²) in [5.74, 6) is 0.467. The largest absolute Gasteiger partial charge is 0.423 e. The number of halogens is 3. The highest BCUT2D eigenvalue weighted by Gasteiger charge is 2.49. The summed E-state index contributed by atoms with van der Waals surface area (Å²) in [4.78, 5) is 4.84. The van der Waals surface area contributed by atoms with Crippen LogP contribution in [-0.4, -0.2) is 45.9 Å². The SMILES string of the molecule is [CH]c1ccc(SC2SC(C(F)(F)F)=CN2[C@@H]2C3CCN(CC3)[C@H]2C)cc1. The van der Waals surface area contributed by atoms with E-state index in [1.807, 2.05) is 17.0 Å². The Morgan fingerprint density at radius 1 is 1.15 bits per heavy atom. The lowest BCUT2D eigenvalue weighted by molar-refractivity contribution is -0.0846. The number of rotatable bonds is 3. The molecule has 0 N–H and O–H groups in total. The van der Waals surface area contributed by atoms with Gasteiger partial charge in [-0.05, 0) is 63.4 Å². The first-order valence-electron chi connectivity index (χ1n) is 8.82. The fourth-order valence-electron chi connectivity index (χ4n) is 4.28.